The minimum absolute atomic E-state index is 0.0671. The Morgan fingerprint density at radius 3 is 2.44 bits per heavy atom. The van der Waals surface area contributed by atoms with E-state index in [9.17, 15) is 14.4 Å². The van der Waals surface area contributed by atoms with Crippen molar-refractivity contribution in [3.05, 3.63) is 70.4 Å². The number of unbranched alkanes of at least 4 members (excludes halogenated alkanes) is 1. The number of hydrogen-bond acceptors (Lipinski definition) is 4. The van der Waals surface area contributed by atoms with Gasteiger partial charge in [0, 0.05) is 23.0 Å². The molecule has 1 fully saturated rings. The molecular weight excluding hydrogens is 450 g/mol. The summed E-state index contributed by atoms with van der Waals surface area (Å²) in [5.74, 6) is -1.11. The van der Waals surface area contributed by atoms with Crippen LogP contribution in [-0.2, 0) is 16.0 Å². The van der Waals surface area contributed by atoms with Crippen LogP contribution in [0.15, 0.2) is 59.3 Å². The van der Waals surface area contributed by atoms with Crippen LogP contribution in [-0.4, -0.2) is 28.7 Å². The van der Waals surface area contributed by atoms with E-state index in [2.05, 4.69) is 17.6 Å². The number of halogens is 1. The minimum Gasteiger partial charge on any atom is -0.350 e. The number of aryl methyl sites for hydroxylation is 1. The molecule has 4 rings (SSSR count). The Morgan fingerprint density at radius 2 is 1.74 bits per heavy atom. The Morgan fingerprint density at radius 1 is 1.00 bits per heavy atom. The molecule has 2 N–H and O–H groups in total. The van der Waals surface area contributed by atoms with Gasteiger partial charge in [-0.25, -0.2) is 0 Å². The van der Waals surface area contributed by atoms with Gasteiger partial charge < -0.3 is 10.6 Å². The van der Waals surface area contributed by atoms with Crippen LogP contribution in [0.3, 0.4) is 0 Å². The fourth-order valence-corrected chi connectivity index (χ4v) is 4.74. The lowest BCUT2D eigenvalue weighted by atomic mass is 9.94. The van der Waals surface area contributed by atoms with E-state index >= 15 is 0 Å². The molecule has 178 valence electrons. The fourth-order valence-electron chi connectivity index (χ4n) is 4.52. The summed E-state index contributed by atoms with van der Waals surface area (Å²) in [5, 5.41) is 5.78. The van der Waals surface area contributed by atoms with E-state index < -0.39 is 11.8 Å². The lowest BCUT2D eigenvalue weighted by molar-refractivity contribution is -0.140. The lowest BCUT2D eigenvalue weighted by Crippen LogP contribution is -2.42. The maximum atomic E-state index is 13.0. The molecule has 1 aliphatic carbocycles. The van der Waals surface area contributed by atoms with Gasteiger partial charge in [0.25, 0.3) is 17.7 Å². The monoisotopic (exact) mass is 479 g/mol. The molecule has 0 radical (unpaired) electrons. The van der Waals surface area contributed by atoms with Gasteiger partial charge in [-0.3, -0.25) is 19.3 Å². The van der Waals surface area contributed by atoms with Crippen LogP contribution < -0.4 is 10.6 Å². The molecule has 0 aromatic heterocycles. The highest BCUT2D eigenvalue weighted by Gasteiger charge is 2.42. The standard InChI is InChI=1S/C27H30ClN3O3/c1-2-3-8-18-13-15-20(16-14-18)30-25(32)19-9-7-10-21(17-19)29-24-23(28)26(33)31(27(24)34)22-11-5-4-6-12-22/h7,9-10,13-17,22,29H,2-6,8,11-12H2,1H3,(H,30,32). The van der Waals surface area contributed by atoms with Crippen molar-refractivity contribution in [1.29, 1.82) is 0 Å². The first-order valence-electron chi connectivity index (χ1n) is 12.0. The summed E-state index contributed by atoms with van der Waals surface area (Å²) in [4.78, 5) is 39.8. The van der Waals surface area contributed by atoms with Crippen LogP contribution in [0.2, 0.25) is 0 Å². The average molecular weight is 480 g/mol. The third-order valence-corrected chi connectivity index (χ3v) is 6.77. The molecule has 1 heterocycles. The number of nitrogens with zero attached hydrogens (tertiary/aromatic N) is 1. The zero-order valence-electron chi connectivity index (χ0n) is 19.4. The van der Waals surface area contributed by atoms with E-state index in [1.165, 1.54) is 10.5 Å². The van der Waals surface area contributed by atoms with E-state index in [1.807, 2.05) is 24.3 Å². The van der Waals surface area contributed by atoms with Gasteiger partial charge in [0.15, 0.2) is 0 Å². The van der Waals surface area contributed by atoms with Crippen LogP contribution >= 0.6 is 11.6 Å². The summed E-state index contributed by atoms with van der Waals surface area (Å²) >= 11 is 6.27. The van der Waals surface area contributed by atoms with Gasteiger partial charge in [0.05, 0.1) is 0 Å². The Labute approximate surface area is 205 Å². The van der Waals surface area contributed by atoms with Gasteiger partial charge in [0.1, 0.15) is 10.7 Å². The maximum Gasteiger partial charge on any atom is 0.279 e. The summed E-state index contributed by atoms with van der Waals surface area (Å²) in [7, 11) is 0. The van der Waals surface area contributed by atoms with E-state index in [0.717, 1.165) is 51.4 Å². The quantitative estimate of drug-likeness (QED) is 0.466. The van der Waals surface area contributed by atoms with Crippen LogP contribution in [0, 0.1) is 0 Å². The number of anilines is 2. The summed E-state index contributed by atoms with van der Waals surface area (Å²) in [6.45, 7) is 2.16. The van der Waals surface area contributed by atoms with Gasteiger partial charge in [-0.05, 0) is 61.6 Å². The first kappa shape index (κ1) is 24.0. The molecule has 2 aromatic rings. The number of amides is 3. The molecule has 2 aliphatic rings. The zero-order chi connectivity index (χ0) is 24.1. The SMILES string of the molecule is CCCCc1ccc(NC(=O)c2cccc(NC3=C(Cl)C(=O)N(C4CCCCC4)C3=O)c2)cc1. The Balaban J connectivity index is 1.43. The number of hydrogen-bond donors (Lipinski definition) is 2. The molecule has 0 saturated heterocycles. The van der Waals surface area contributed by atoms with Gasteiger partial charge in [-0.15, -0.1) is 0 Å². The fraction of sp³-hybridized carbons (Fsp3) is 0.370. The number of carbonyl (C=O) groups excluding carboxylic acids is 3. The minimum atomic E-state index is -0.447. The summed E-state index contributed by atoms with van der Waals surface area (Å²) < 4.78 is 0. The smallest absolute Gasteiger partial charge is 0.279 e. The van der Waals surface area contributed by atoms with E-state index in [4.69, 9.17) is 11.6 Å². The summed E-state index contributed by atoms with van der Waals surface area (Å²) in [6.07, 6.45) is 8.05. The molecule has 2 aromatic carbocycles. The molecule has 1 saturated carbocycles. The predicted octanol–water partition coefficient (Wildman–Crippen LogP) is 5.85. The Bertz CT molecular complexity index is 1100. The van der Waals surface area contributed by atoms with Crippen LogP contribution in [0.1, 0.15) is 67.8 Å². The number of carbonyl (C=O) groups is 3. The van der Waals surface area contributed by atoms with Gasteiger partial charge in [-0.2, -0.15) is 0 Å². The molecule has 3 amide bonds. The lowest BCUT2D eigenvalue weighted by Gasteiger charge is -2.29. The molecule has 6 nitrogen and oxygen atoms in total. The van der Waals surface area contributed by atoms with Crippen LogP contribution in [0.25, 0.3) is 0 Å². The van der Waals surface area contributed by atoms with Crippen molar-refractivity contribution in [3.8, 4) is 0 Å². The highest BCUT2D eigenvalue weighted by atomic mass is 35.5. The van der Waals surface area contributed by atoms with Crippen LogP contribution in [0.5, 0.6) is 0 Å². The highest BCUT2D eigenvalue weighted by molar-refractivity contribution is 6.48. The average Bonchev–Trinajstić information content (AvgIpc) is 3.07. The second-order valence-electron chi connectivity index (χ2n) is 8.92. The van der Waals surface area contributed by atoms with Gasteiger partial charge in [-0.1, -0.05) is 62.4 Å². The Kier molecular flexibility index (Phi) is 7.68. The molecular formula is C27H30ClN3O3. The number of nitrogens with one attached hydrogen (secondary N) is 2. The van der Waals surface area contributed by atoms with Crippen molar-refractivity contribution in [2.24, 2.45) is 0 Å². The van der Waals surface area contributed by atoms with E-state index in [0.29, 0.717) is 16.9 Å². The van der Waals surface area contributed by atoms with E-state index in [-0.39, 0.29) is 22.7 Å². The van der Waals surface area contributed by atoms with Crippen LogP contribution in [0.4, 0.5) is 11.4 Å². The molecule has 1 aliphatic heterocycles. The van der Waals surface area contributed by atoms with Crippen molar-refractivity contribution in [2.45, 2.75) is 64.3 Å². The topological polar surface area (TPSA) is 78.5 Å². The first-order chi connectivity index (χ1) is 16.5. The highest BCUT2D eigenvalue weighted by Crippen LogP contribution is 2.32. The first-order valence-corrected chi connectivity index (χ1v) is 12.4. The molecule has 0 bridgehead atoms. The molecule has 0 unspecified atom stereocenters. The second-order valence-corrected chi connectivity index (χ2v) is 9.30. The normalized spacial score (nSPS) is 16.8. The number of imide groups is 1. The molecule has 34 heavy (non-hydrogen) atoms. The van der Waals surface area contributed by atoms with Crippen molar-refractivity contribution in [1.82, 2.24) is 4.90 Å². The third-order valence-electron chi connectivity index (χ3n) is 6.42. The van der Waals surface area contributed by atoms with Gasteiger partial charge >= 0.3 is 0 Å². The van der Waals surface area contributed by atoms with Gasteiger partial charge in [0.2, 0.25) is 0 Å². The largest absolute Gasteiger partial charge is 0.350 e. The molecule has 7 heteroatoms. The van der Waals surface area contributed by atoms with Crippen molar-refractivity contribution < 1.29 is 14.4 Å². The summed E-state index contributed by atoms with van der Waals surface area (Å²) in [6, 6.07) is 14.5. The third kappa shape index (κ3) is 5.33. The van der Waals surface area contributed by atoms with Crippen molar-refractivity contribution >= 4 is 40.7 Å². The molecule has 0 spiro atoms. The number of rotatable bonds is 8. The zero-order valence-corrected chi connectivity index (χ0v) is 20.2. The molecule has 0 atom stereocenters. The Hall–Kier alpha value is -3.12. The van der Waals surface area contributed by atoms with Crippen molar-refractivity contribution in [2.75, 3.05) is 10.6 Å². The number of benzene rings is 2. The second kappa shape index (κ2) is 10.9. The maximum absolute atomic E-state index is 13.0. The summed E-state index contributed by atoms with van der Waals surface area (Å²) in [5.41, 5.74) is 2.97. The van der Waals surface area contributed by atoms with E-state index in [1.54, 1.807) is 24.3 Å². The predicted molar refractivity (Wildman–Crippen MR) is 135 cm³/mol. The van der Waals surface area contributed by atoms with Crippen molar-refractivity contribution in [3.63, 3.8) is 0 Å².